The SMILES string of the molecule is CC/C=C\C/C=C\C/C=C\CCCCCC(=O)OC(COC(=O)CCCCCCCCC)COC(=O)CCCCCCCC/C=C\C/C=C\C/C=C\CCCCC. The third-order valence-corrected chi connectivity index (χ3v) is 9.70. The van der Waals surface area contributed by atoms with Crippen molar-refractivity contribution in [3.63, 3.8) is 0 Å². The number of carbonyl (C=O) groups is 3. The smallest absolute Gasteiger partial charge is 0.306 e. The molecule has 0 rings (SSSR count). The average molecular weight is 795 g/mol. The predicted octanol–water partition coefficient (Wildman–Crippen LogP) is 15.1. The van der Waals surface area contributed by atoms with Crippen LogP contribution in [-0.4, -0.2) is 37.2 Å². The molecule has 0 radical (unpaired) electrons. The van der Waals surface area contributed by atoms with Gasteiger partial charge < -0.3 is 14.2 Å². The zero-order valence-electron chi connectivity index (χ0n) is 37.1. The number of ether oxygens (including phenoxy) is 3. The van der Waals surface area contributed by atoms with E-state index in [1.807, 2.05) is 0 Å². The highest BCUT2D eigenvalue weighted by molar-refractivity contribution is 5.71. The number of unbranched alkanes of at least 4 members (excludes halogenated alkanes) is 18. The molecule has 0 N–H and O–H groups in total. The van der Waals surface area contributed by atoms with Gasteiger partial charge in [-0.1, -0.05) is 177 Å². The molecule has 0 spiro atoms. The van der Waals surface area contributed by atoms with Gasteiger partial charge in [-0.05, 0) is 89.9 Å². The number of allylic oxidation sites excluding steroid dienone is 12. The summed E-state index contributed by atoms with van der Waals surface area (Å²) in [6.45, 7) is 6.40. The van der Waals surface area contributed by atoms with Crippen LogP contribution < -0.4 is 0 Å². The highest BCUT2D eigenvalue weighted by atomic mass is 16.6. The second kappa shape index (κ2) is 45.6. The molecule has 0 saturated carbocycles. The Kier molecular flexibility index (Phi) is 43.0. The van der Waals surface area contributed by atoms with E-state index >= 15 is 0 Å². The van der Waals surface area contributed by atoms with Crippen molar-refractivity contribution < 1.29 is 28.6 Å². The molecule has 0 aromatic heterocycles. The molecule has 0 aromatic rings. The molecule has 0 bridgehead atoms. The van der Waals surface area contributed by atoms with Crippen LogP contribution in [0.3, 0.4) is 0 Å². The Morgan fingerprint density at radius 2 is 0.684 bits per heavy atom. The number of hydrogen-bond acceptors (Lipinski definition) is 6. The van der Waals surface area contributed by atoms with Crippen molar-refractivity contribution in [2.75, 3.05) is 13.2 Å². The van der Waals surface area contributed by atoms with Crippen molar-refractivity contribution in [3.8, 4) is 0 Å². The molecule has 1 unspecified atom stereocenters. The molecule has 0 heterocycles. The molecule has 1 atom stereocenters. The topological polar surface area (TPSA) is 78.9 Å². The van der Waals surface area contributed by atoms with Crippen molar-refractivity contribution >= 4 is 17.9 Å². The number of esters is 3. The van der Waals surface area contributed by atoms with E-state index in [0.717, 1.165) is 103 Å². The number of hydrogen-bond donors (Lipinski definition) is 0. The Morgan fingerprint density at radius 1 is 0.368 bits per heavy atom. The van der Waals surface area contributed by atoms with Crippen LogP contribution in [-0.2, 0) is 28.6 Å². The molecule has 0 aromatic carbocycles. The molecule has 0 amide bonds. The van der Waals surface area contributed by atoms with Crippen LogP contribution in [0.4, 0.5) is 0 Å². The van der Waals surface area contributed by atoms with Crippen LogP contribution in [0, 0.1) is 0 Å². The third-order valence-electron chi connectivity index (χ3n) is 9.70. The standard InChI is InChI=1S/C51H86O6/c1-4-7-10-13-16-18-20-22-23-24-25-26-27-29-30-32-35-38-41-44-50(53)56-47-48(46-55-49(52)43-40-37-34-15-12-9-6-3)57-51(54)45-42-39-36-33-31-28-21-19-17-14-11-8-5-2/h8,11,16-19,22-23,25-26,28,31,48H,4-7,9-10,12-15,20-21,24,27,29-30,32-47H2,1-3H3/b11-8-,18-16-,19-17-,23-22-,26-25-,31-28-. The van der Waals surface area contributed by atoms with Gasteiger partial charge in [0.2, 0.25) is 0 Å². The lowest BCUT2D eigenvalue weighted by Gasteiger charge is -2.18. The maximum Gasteiger partial charge on any atom is 0.306 e. The predicted molar refractivity (Wildman–Crippen MR) is 242 cm³/mol. The Hall–Kier alpha value is -3.15. The van der Waals surface area contributed by atoms with Crippen LogP contribution in [0.5, 0.6) is 0 Å². The minimum Gasteiger partial charge on any atom is -0.462 e. The van der Waals surface area contributed by atoms with Crippen LogP contribution in [0.25, 0.3) is 0 Å². The lowest BCUT2D eigenvalue weighted by atomic mass is 10.1. The molecule has 0 fully saturated rings. The van der Waals surface area contributed by atoms with Gasteiger partial charge >= 0.3 is 17.9 Å². The van der Waals surface area contributed by atoms with Gasteiger partial charge in [0.15, 0.2) is 6.10 Å². The van der Waals surface area contributed by atoms with Gasteiger partial charge in [-0.3, -0.25) is 14.4 Å². The Labute approximate surface area is 351 Å². The molecule has 6 nitrogen and oxygen atoms in total. The van der Waals surface area contributed by atoms with Gasteiger partial charge in [0.05, 0.1) is 0 Å². The molecule has 326 valence electrons. The highest BCUT2D eigenvalue weighted by Crippen LogP contribution is 2.13. The van der Waals surface area contributed by atoms with E-state index in [4.69, 9.17) is 14.2 Å². The van der Waals surface area contributed by atoms with E-state index in [1.165, 1.54) is 70.6 Å². The summed E-state index contributed by atoms with van der Waals surface area (Å²) >= 11 is 0. The third kappa shape index (κ3) is 43.8. The molecular weight excluding hydrogens is 709 g/mol. The van der Waals surface area contributed by atoms with Gasteiger partial charge in [-0.2, -0.15) is 0 Å². The van der Waals surface area contributed by atoms with Crippen LogP contribution in [0.15, 0.2) is 72.9 Å². The molecule has 0 aliphatic carbocycles. The second-order valence-corrected chi connectivity index (χ2v) is 15.3. The number of carbonyl (C=O) groups excluding carboxylic acids is 3. The van der Waals surface area contributed by atoms with Crippen molar-refractivity contribution in [3.05, 3.63) is 72.9 Å². The van der Waals surface area contributed by atoms with Crippen molar-refractivity contribution in [2.24, 2.45) is 0 Å². The summed E-state index contributed by atoms with van der Waals surface area (Å²) in [7, 11) is 0. The minimum absolute atomic E-state index is 0.0920. The first-order chi connectivity index (χ1) is 28.0. The summed E-state index contributed by atoms with van der Waals surface area (Å²) < 4.78 is 16.6. The van der Waals surface area contributed by atoms with Crippen molar-refractivity contribution in [1.29, 1.82) is 0 Å². The summed E-state index contributed by atoms with van der Waals surface area (Å²) in [4.78, 5) is 37.6. The van der Waals surface area contributed by atoms with Gasteiger partial charge in [-0.25, -0.2) is 0 Å². The van der Waals surface area contributed by atoms with Crippen LogP contribution >= 0.6 is 0 Å². The van der Waals surface area contributed by atoms with E-state index in [1.54, 1.807) is 0 Å². The second-order valence-electron chi connectivity index (χ2n) is 15.3. The quantitative estimate of drug-likeness (QED) is 0.0265. The van der Waals surface area contributed by atoms with E-state index < -0.39 is 6.10 Å². The first-order valence-electron chi connectivity index (χ1n) is 23.4. The van der Waals surface area contributed by atoms with E-state index in [0.29, 0.717) is 19.3 Å². The van der Waals surface area contributed by atoms with E-state index in [9.17, 15) is 14.4 Å². The normalized spacial score (nSPS) is 12.7. The summed E-state index contributed by atoms with van der Waals surface area (Å²) in [5.41, 5.74) is 0. The van der Waals surface area contributed by atoms with Gasteiger partial charge in [0, 0.05) is 19.3 Å². The maximum absolute atomic E-state index is 12.7. The van der Waals surface area contributed by atoms with Crippen molar-refractivity contribution in [2.45, 2.75) is 219 Å². The number of rotatable bonds is 41. The summed E-state index contributed by atoms with van der Waals surface area (Å²) in [6, 6.07) is 0. The average Bonchev–Trinajstić information content (AvgIpc) is 3.21. The minimum atomic E-state index is -0.791. The fourth-order valence-electron chi connectivity index (χ4n) is 6.17. The molecule has 0 saturated heterocycles. The van der Waals surface area contributed by atoms with Crippen LogP contribution in [0.1, 0.15) is 213 Å². The van der Waals surface area contributed by atoms with Gasteiger partial charge in [-0.15, -0.1) is 0 Å². The fourth-order valence-corrected chi connectivity index (χ4v) is 6.17. The highest BCUT2D eigenvalue weighted by Gasteiger charge is 2.19. The summed E-state index contributed by atoms with van der Waals surface area (Å²) in [5.74, 6) is -0.946. The van der Waals surface area contributed by atoms with Gasteiger partial charge in [0.25, 0.3) is 0 Å². The molecule has 57 heavy (non-hydrogen) atoms. The van der Waals surface area contributed by atoms with Crippen molar-refractivity contribution in [1.82, 2.24) is 0 Å². The summed E-state index contributed by atoms with van der Waals surface area (Å²) in [6.07, 6.45) is 56.1. The lowest BCUT2D eigenvalue weighted by molar-refractivity contribution is -0.167. The summed E-state index contributed by atoms with van der Waals surface area (Å²) in [5, 5.41) is 0. The van der Waals surface area contributed by atoms with E-state index in [-0.39, 0.29) is 31.1 Å². The van der Waals surface area contributed by atoms with Gasteiger partial charge in [0.1, 0.15) is 13.2 Å². The van der Waals surface area contributed by atoms with E-state index in [2.05, 4.69) is 93.7 Å². The van der Waals surface area contributed by atoms with Crippen LogP contribution in [0.2, 0.25) is 0 Å². The molecular formula is C51H86O6. The first kappa shape index (κ1) is 53.9. The first-order valence-corrected chi connectivity index (χ1v) is 23.4. The Morgan fingerprint density at radius 3 is 1.12 bits per heavy atom. The zero-order chi connectivity index (χ0) is 41.5. The molecule has 6 heteroatoms. The molecule has 0 aliphatic rings. The lowest BCUT2D eigenvalue weighted by Crippen LogP contribution is -2.30. The Balaban J connectivity index is 4.34. The zero-order valence-corrected chi connectivity index (χ0v) is 37.1. The molecule has 0 aliphatic heterocycles. The monoisotopic (exact) mass is 795 g/mol. The maximum atomic E-state index is 12.7. The Bertz CT molecular complexity index is 1100. The largest absolute Gasteiger partial charge is 0.462 e. The fraction of sp³-hybridized carbons (Fsp3) is 0.706.